The summed E-state index contributed by atoms with van der Waals surface area (Å²) in [6.07, 6.45) is 1.07. The molecule has 5 rings (SSSR count). The van der Waals surface area contributed by atoms with Gasteiger partial charge >= 0.3 is 0 Å². The van der Waals surface area contributed by atoms with Crippen LogP contribution in [-0.2, 0) is 10.0 Å². The molecule has 11 heteroatoms. The molecule has 0 saturated carbocycles. The van der Waals surface area contributed by atoms with Crippen LogP contribution in [0.15, 0.2) is 69.6 Å². The molecule has 1 saturated heterocycles. The van der Waals surface area contributed by atoms with Gasteiger partial charge in [-0.15, -0.1) is 27.8 Å². The van der Waals surface area contributed by atoms with Crippen LogP contribution in [-0.4, -0.2) is 53.1 Å². The number of aromatic nitrogens is 3. The van der Waals surface area contributed by atoms with E-state index in [-0.39, 0.29) is 17.8 Å². The third-order valence-corrected chi connectivity index (χ3v) is 9.19. The minimum Gasteiger partial charge on any atom is -0.336 e. The van der Waals surface area contributed by atoms with Crippen molar-refractivity contribution in [3.63, 3.8) is 0 Å². The van der Waals surface area contributed by atoms with E-state index in [0.29, 0.717) is 36.0 Å². The summed E-state index contributed by atoms with van der Waals surface area (Å²) in [5, 5.41) is 8.23. The first-order valence-corrected chi connectivity index (χ1v) is 13.7. The fraction of sp³-hybridized carbons (Fsp3) is 0.227. The Balaban J connectivity index is 1.31. The van der Waals surface area contributed by atoms with Crippen LogP contribution in [0.2, 0.25) is 0 Å². The smallest absolute Gasteiger partial charge is 0.293 e. The normalized spacial score (nSPS) is 15.1. The number of nitrogens with one attached hydrogen (secondary N) is 1. The molecule has 0 aliphatic carbocycles. The highest BCUT2D eigenvalue weighted by atomic mass is 32.2. The molecule has 8 nitrogen and oxygen atoms in total. The van der Waals surface area contributed by atoms with Crippen LogP contribution in [0.3, 0.4) is 0 Å². The van der Waals surface area contributed by atoms with Crippen molar-refractivity contribution in [2.75, 3.05) is 13.1 Å². The van der Waals surface area contributed by atoms with Gasteiger partial charge in [-0.25, -0.2) is 22.8 Å². The molecular formula is C22H21N5O3S3. The van der Waals surface area contributed by atoms with Gasteiger partial charge < -0.3 is 4.90 Å². The lowest BCUT2D eigenvalue weighted by Crippen LogP contribution is -2.46. The number of piperidine rings is 1. The lowest BCUT2D eigenvalue weighted by molar-refractivity contribution is 0.0699. The molecule has 0 bridgehead atoms. The molecule has 1 N–H and O–H groups in total. The van der Waals surface area contributed by atoms with Crippen LogP contribution in [0, 0.1) is 0 Å². The van der Waals surface area contributed by atoms with Gasteiger partial charge in [-0.3, -0.25) is 4.79 Å². The van der Waals surface area contributed by atoms with Crippen molar-refractivity contribution in [3.8, 4) is 16.4 Å². The second kappa shape index (κ2) is 9.18. The molecule has 1 aliphatic rings. The summed E-state index contributed by atoms with van der Waals surface area (Å²) >= 11 is 2.73. The second-order valence-corrected chi connectivity index (χ2v) is 11.4. The predicted octanol–water partition coefficient (Wildman–Crippen LogP) is 3.64. The average molecular weight is 500 g/mol. The van der Waals surface area contributed by atoms with E-state index in [9.17, 15) is 13.2 Å². The quantitative estimate of drug-likeness (QED) is 0.437. The van der Waals surface area contributed by atoms with E-state index in [1.54, 1.807) is 27.1 Å². The zero-order chi connectivity index (χ0) is 22.8. The van der Waals surface area contributed by atoms with Crippen LogP contribution in [0.5, 0.6) is 0 Å². The number of benzene rings is 1. The molecule has 0 radical (unpaired) electrons. The highest BCUT2D eigenvalue weighted by Gasteiger charge is 2.30. The molecule has 4 aromatic rings. The van der Waals surface area contributed by atoms with Crippen LogP contribution < -0.4 is 4.72 Å². The minimum atomic E-state index is -3.53. The Hall–Kier alpha value is -2.86. The number of rotatable bonds is 6. The largest absolute Gasteiger partial charge is 0.336 e. The number of carbonyl (C=O) groups is 1. The van der Waals surface area contributed by atoms with Crippen LogP contribution in [0.1, 0.15) is 23.5 Å². The molecular weight excluding hydrogens is 478 g/mol. The maximum absolute atomic E-state index is 13.2. The monoisotopic (exact) mass is 499 g/mol. The number of thiophene rings is 2. The number of sulfonamides is 1. The highest BCUT2D eigenvalue weighted by molar-refractivity contribution is 7.91. The zero-order valence-corrected chi connectivity index (χ0v) is 19.9. The predicted molar refractivity (Wildman–Crippen MR) is 128 cm³/mol. The Morgan fingerprint density at radius 3 is 2.36 bits per heavy atom. The summed E-state index contributed by atoms with van der Waals surface area (Å²) in [5.41, 5.74) is 0.828. The molecule has 1 amide bonds. The van der Waals surface area contributed by atoms with E-state index in [4.69, 9.17) is 0 Å². The third-order valence-electron chi connectivity index (χ3n) is 5.40. The zero-order valence-electron chi connectivity index (χ0n) is 17.5. The second-order valence-electron chi connectivity index (χ2n) is 7.60. The number of likely N-dealkylation sites (tertiary alicyclic amines) is 1. The number of hydrogen-bond donors (Lipinski definition) is 1. The maximum Gasteiger partial charge on any atom is 0.293 e. The fourth-order valence-corrected chi connectivity index (χ4v) is 6.77. The van der Waals surface area contributed by atoms with Crippen molar-refractivity contribution in [2.45, 2.75) is 23.1 Å². The molecule has 3 aromatic heterocycles. The Bertz CT molecular complexity index is 1330. The first-order chi connectivity index (χ1) is 16.0. The summed E-state index contributed by atoms with van der Waals surface area (Å²) in [5.74, 6) is 0.514. The van der Waals surface area contributed by atoms with Gasteiger partial charge in [0.15, 0.2) is 5.82 Å². The maximum atomic E-state index is 13.2. The molecule has 170 valence electrons. The summed E-state index contributed by atoms with van der Waals surface area (Å²) in [6, 6.07) is 16.6. The summed E-state index contributed by atoms with van der Waals surface area (Å²) in [7, 11) is -3.53. The van der Waals surface area contributed by atoms with E-state index in [1.807, 2.05) is 47.8 Å². The van der Waals surface area contributed by atoms with Crippen molar-refractivity contribution in [1.29, 1.82) is 0 Å². The SMILES string of the molecule is O=C(c1nc(-c2cccs2)n(-c2ccccc2)n1)N1CCC(NS(=O)(=O)c2cccs2)CC1. The Labute approximate surface area is 199 Å². The van der Waals surface area contributed by atoms with Crippen molar-refractivity contribution >= 4 is 38.6 Å². The molecule has 4 heterocycles. The fourth-order valence-electron chi connectivity index (χ4n) is 3.75. The van der Waals surface area contributed by atoms with Crippen molar-refractivity contribution in [1.82, 2.24) is 24.4 Å². The number of para-hydroxylation sites is 1. The molecule has 0 atom stereocenters. The Morgan fingerprint density at radius 1 is 0.970 bits per heavy atom. The van der Waals surface area contributed by atoms with Crippen LogP contribution >= 0.6 is 22.7 Å². The van der Waals surface area contributed by atoms with Gasteiger partial charge in [0.05, 0.1) is 10.6 Å². The van der Waals surface area contributed by atoms with E-state index in [2.05, 4.69) is 14.8 Å². The van der Waals surface area contributed by atoms with Gasteiger partial charge in [-0.1, -0.05) is 30.3 Å². The summed E-state index contributed by atoms with van der Waals surface area (Å²) in [4.78, 5) is 20.4. The van der Waals surface area contributed by atoms with Gasteiger partial charge in [0, 0.05) is 19.1 Å². The number of amides is 1. The van der Waals surface area contributed by atoms with Gasteiger partial charge in [-0.2, -0.15) is 0 Å². The first kappa shape index (κ1) is 22.0. The van der Waals surface area contributed by atoms with Gasteiger partial charge in [-0.05, 0) is 47.9 Å². The standard InChI is InChI=1S/C22H21N5O3S3/c28-22(26-12-10-16(11-13-26)25-33(29,30)19-9-5-15-32-19)20-23-21(18-8-4-14-31-18)27(24-20)17-6-2-1-3-7-17/h1-9,14-16,25H,10-13H2. The van der Waals surface area contributed by atoms with Gasteiger partial charge in [0.25, 0.3) is 5.91 Å². The van der Waals surface area contributed by atoms with Gasteiger partial charge in [0.1, 0.15) is 4.21 Å². The summed E-state index contributed by atoms with van der Waals surface area (Å²) in [6.45, 7) is 0.870. The van der Waals surface area contributed by atoms with Crippen LogP contribution in [0.25, 0.3) is 16.4 Å². The van der Waals surface area contributed by atoms with Crippen molar-refractivity contribution in [2.24, 2.45) is 0 Å². The lowest BCUT2D eigenvalue weighted by atomic mass is 10.1. The van der Waals surface area contributed by atoms with Gasteiger partial charge in [0.2, 0.25) is 15.8 Å². The third kappa shape index (κ3) is 4.62. The molecule has 0 spiro atoms. The summed E-state index contributed by atoms with van der Waals surface area (Å²) < 4.78 is 29.7. The van der Waals surface area contributed by atoms with Crippen molar-refractivity contribution < 1.29 is 13.2 Å². The van der Waals surface area contributed by atoms with Crippen molar-refractivity contribution in [3.05, 3.63) is 71.2 Å². The Morgan fingerprint density at radius 2 is 1.70 bits per heavy atom. The number of carbonyl (C=O) groups excluding carboxylic acids is 1. The lowest BCUT2D eigenvalue weighted by Gasteiger charge is -2.31. The van der Waals surface area contributed by atoms with E-state index in [1.165, 1.54) is 22.7 Å². The van der Waals surface area contributed by atoms with Crippen LogP contribution in [0.4, 0.5) is 0 Å². The molecule has 1 aliphatic heterocycles. The Kier molecular flexibility index (Phi) is 6.11. The highest BCUT2D eigenvalue weighted by Crippen LogP contribution is 2.26. The molecule has 1 aromatic carbocycles. The molecule has 1 fully saturated rings. The van der Waals surface area contributed by atoms with E-state index >= 15 is 0 Å². The topological polar surface area (TPSA) is 97.2 Å². The number of nitrogens with zero attached hydrogens (tertiary/aromatic N) is 4. The first-order valence-electron chi connectivity index (χ1n) is 10.4. The number of hydrogen-bond acceptors (Lipinski definition) is 7. The molecule has 33 heavy (non-hydrogen) atoms. The molecule has 0 unspecified atom stereocenters. The minimum absolute atomic E-state index is 0.139. The van der Waals surface area contributed by atoms with E-state index < -0.39 is 10.0 Å². The van der Waals surface area contributed by atoms with E-state index in [0.717, 1.165) is 10.6 Å². The average Bonchev–Trinajstić information content (AvgIpc) is 3.61.